The second kappa shape index (κ2) is 48.1. The quantitative estimate of drug-likeness (QED) is 0.0246. The first-order valence-electron chi connectivity index (χ1n) is 25.4. The number of nitrogens with one attached hydrogen (secondary N) is 1. The van der Waals surface area contributed by atoms with Gasteiger partial charge in [0.1, 0.15) is 6.10 Å². The summed E-state index contributed by atoms with van der Waals surface area (Å²) in [7, 11) is 0. The maximum atomic E-state index is 13.2. The lowest BCUT2D eigenvalue weighted by molar-refractivity contribution is -0.151. The number of unbranched alkanes of at least 4 members (excludes halogenated alkanes) is 23. The number of rotatable bonds is 44. The van der Waals surface area contributed by atoms with Crippen molar-refractivity contribution in [3.05, 3.63) is 85.1 Å². The van der Waals surface area contributed by atoms with Crippen LogP contribution >= 0.6 is 0 Å². The molecule has 0 rings (SSSR count). The van der Waals surface area contributed by atoms with E-state index in [1.807, 2.05) is 60.8 Å². The molecule has 0 aliphatic rings. The summed E-state index contributed by atoms with van der Waals surface area (Å²) in [6.45, 7) is 6.29. The van der Waals surface area contributed by atoms with Crippen molar-refractivity contribution in [1.82, 2.24) is 5.32 Å². The minimum Gasteiger partial charge on any atom is -0.462 e. The van der Waals surface area contributed by atoms with Crippen LogP contribution in [0.1, 0.15) is 226 Å². The molecule has 0 aliphatic heterocycles. The molecule has 0 aromatic carbocycles. The number of carbonyl (C=O) groups excluding carboxylic acids is 2. The van der Waals surface area contributed by atoms with Crippen LogP contribution in [0.3, 0.4) is 0 Å². The van der Waals surface area contributed by atoms with Gasteiger partial charge in [-0.25, -0.2) is 0 Å². The summed E-state index contributed by atoms with van der Waals surface area (Å²) >= 11 is 0. The normalized spacial score (nSPS) is 14.0. The van der Waals surface area contributed by atoms with Gasteiger partial charge in [-0.1, -0.05) is 234 Å². The molecule has 3 unspecified atom stereocenters. The van der Waals surface area contributed by atoms with E-state index in [4.69, 9.17) is 4.74 Å². The average molecular weight is 850 g/mol. The molecule has 3 atom stereocenters. The Labute approximate surface area is 376 Å². The number of hydrogen-bond acceptors (Lipinski definition) is 5. The van der Waals surface area contributed by atoms with Gasteiger partial charge in [0.25, 0.3) is 0 Å². The van der Waals surface area contributed by atoms with Crippen molar-refractivity contribution >= 4 is 11.9 Å². The maximum Gasteiger partial charge on any atom is 0.306 e. The Balaban J connectivity index is 4.71. The zero-order valence-electron chi connectivity index (χ0n) is 39.8. The van der Waals surface area contributed by atoms with Crippen LogP contribution in [0.15, 0.2) is 85.1 Å². The molecule has 61 heavy (non-hydrogen) atoms. The van der Waals surface area contributed by atoms with E-state index in [2.05, 4.69) is 50.4 Å². The fourth-order valence-corrected chi connectivity index (χ4v) is 7.29. The van der Waals surface area contributed by atoms with Gasteiger partial charge in [-0.05, 0) is 64.2 Å². The second-order valence-corrected chi connectivity index (χ2v) is 17.0. The number of aliphatic hydroxyl groups is 2. The van der Waals surface area contributed by atoms with Gasteiger partial charge in [-0.15, -0.1) is 0 Å². The Morgan fingerprint density at radius 1 is 0.492 bits per heavy atom. The molecule has 0 spiro atoms. The molecule has 1 amide bonds. The molecule has 0 bridgehead atoms. The van der Waals surface area contributed by atoms with Gasteiger partial charge >= 0.3 is 5.97 Å². The van der Waals surface area contributed by atoms with Crippen molar-refractivity contribution in [2.24, 2.45) is 0 Å². The summed E-state index contributed by atoms with van der Waals surface area (Å²) in [5.41, 5.74) is 0. The van der Waals surface area contributed by atoms with Gasteiger partial charge < -0.3 is 20.3 Å². The van der Waals surface area contributed by atoms with Crippen molar-refractivity contribution in [3.63, 3.8) is 0 Å². The molecule has 3 N–H and O–H groups in total. The smallest absolute Gasteiger partial charge is 0.306 e. The fourth-order valence-electron chi connectivity index (χ4n) is 7.29. The molecule has 0 aromatic heterocycles. The summed E-state index contributed by atoms with van der Waals surface area (Å²) < 4.78 is 5.89. The van der Waals surface area contributed by atoms with Crippen molar-refractivity contribution in [1.29, 1.82) is 0 Å². The van der Waals surface area contributed by atoms with E-state index in [1.165, 1.54) is 116 Å². The zero-order valence-corrected chi connectivity index (χ0v) is 39.8. The first kappa shape index (κ1) is 58.0. The van der Waals surface area contributed by atoms with Gasteiger partial charge in [-0.2, -0.15) is 0 Å². The van der Waals surface area contributed by atoms with Gasteiger partial charge in [-0.3, -0.25) is 9.59 Å². The molecule has 0 fully saturated rings. The van der Waals surface area contributed by atoms with E-state index in [9.17, 15) is 19.8 Å². The number of amides is 1. The third-order valence-corrected chi connectivity index (χ3v) is 11.1. The number of hydrogen-bond donors (Lipinski definition) is 3. The SMILES string of the molecule is CC\C=C/C=C/C=C/C=C\C=C\C=C\CCCC(CC(=O)NC(CO)C(O)CCCCCCCCCCC)OC(=O)CCCCCCC/C=C/CCCCCCCCCCC. The van der Waals surface area contributed by atoms with Crippen LogP contribution < -0.4 is 5.32 Å². The predicted molar refractivity (Wildman–Crippen MR) is 264 cm³/mol. The van der Waals surface area contributed by atoms with Crippen LogP contribution in [-0.2, 0) is 14.3 Å². The number of carbonyl (C=O) groups is 2. The van der Waals surface area contributed by atoms with Crippen molar-refractivity contribution in [2.75, 3.05) is 6.61 Å². The third-order valence-electron chi connectivity index (χ3n) is 11.1. The molecule has 0 aliphatic carbocycles. The molecule has 0 radical (unpaired) electrons. The highest BCUT2D eigenvalue weighted by molar-refractivity contribution is 5.77. The highest BCUT2D eigenvalue weighted by Gasteiger charge is 2.24. The minimum atomic E-state index is -0.811. The first-order chi connectivity index (χ1) is 30.0. The lowest BCUT2D eigenvalue weighted by Gasteiger charge is -2.24. The lowest BCUT2D eigenvalue weighted by atomic mass is 10.0. The van der Waals surface area contributed by atoms with E-state index < -0.39 is 18.2 Å². The highest BCUT2D eigenvalue weighted by atomic mass is 16.5. The molecular weight excluding hydrogens is 755 g/mol. The fraction of sp³-hybridized carbons (Fsp3) is 0.709. The van der Waals surface area contributed by atoms with E-state index in [0.717, 1.165) is 64.2 Å². The minimum absolute atomic E-state index is 0.0195. The Morgan fingerprint density at radius 3 is 1.41 bits per heavy atom. The molecule has 0 saturated heterocycles. The summed E-state index contributed by atoms with van der Waals surface area (Å²) in [6, 6.07) is -0.730. The summed E-state index contributed by atoms with van der Waals surface area (Å²) in [4.78, 5) is 26.1. The van der Waals surface area contributed by atoms with Crippen LogP contribution in [0.4, 0.5) is 0 Å². The molecule has 0 saturated carbocycles. The van der Waals surface area contributed by atoms with Crippen molar-refractivity contribution in [2.45, 2.75) is 244 Å². The molecule has 0 aromatic rings. The monoisotopic (exact) mass is 850 g/mol. The number of aliphatic hydroxyl groups excluding tert-OH is 2. The topological polar surface area (TPSA) is 95.9 Å². The summed E-state index contributed by atoms with van der Waals surface area (Å²) in [6.07, 6.45) is 62.2. The average Bonchev–Trinajstić information content (AvgIpc) is 3.25. The third kappa shape index (κ3) is 43.5. The second-order valence-electron chi connectivity index (χ2n) is 17.0. The van der Waals surface area contributed by atoms with Crippen LogP contribution in [-0.4, -0.2) is 46.9 Å². The zero-order chi connectivity index (χ0) is 44.5. The van der Waals surface area contributed by atoms with Crippen LogP contribution in [0.25, 0.3) is 0 Å². The van der Waals surface area contributed by atoms with Crippen LogP contribution in [0.2, 0.25) is 0 Å². The molecule has 350 valence electrons. The lowest BCUT2D eigenvalue weighted by Crippen LogP contribution is -2.46. The Bertz CT molecular complexity index is 1180. The molecule has 0 heterocycles. The van der Waals surface area contributed by atoms with Crippen molar-refractivity contribution < 1.29 is 24.5 Å². The van der Waals surface area contributed by atoms with Gasteiger partial charge in [0.2, 0.25) is 5.91 Å². The number of esters is 1. The van der Waals surface area contributed by atoms with E-state index >= 15 is 0 Å². The summed E-state index contributed by atoms with van der Waals surface area (Å²) in [5, 5.41) is 23.6. The Morgan fingerprint density at radius 2 is 0.918 bits per heavy atom. The van der Waals surface area contributed by atoms with E-state index in [-0.39, 0.29) is 24.9 Å². The highest BCUT2D eigenvalue weighted by Crippen LogP contribution is 2.16. The predicted octanol–water partition coefficient (Wildman–Crippen LogP) is 15.2. The maximum absolute atomic E-state index is 13.2. The molecule has 6 nitrogen and oxygen atoms in total. The van der Waals surface area contributed by atoms with Crippen molar-refractivity contribution in [3.8, 4) is 0 Å². The summed E-state index contributed by atoms with van der Waals surface area (Å²) in [5.74, 6) is -0.564. The van der Waals surface area contributed by atoms with E-state index in [1.54, 1.807) is 0 Å². The molecular formula is C55H95NO5. The number of ether oxygens (including phenoxy) is 1. The first-order valence-corrected chi connectivity index (χ1v) is 25.4. The van der Waals surface area contributed by atoms with Crippen LogP contribution in [0, 0.1) is 0 Å². The van der Waals surface area contributed by atoms with Gasteiger partial charge in [0.05, 0.1) is 25.2 Å². The molecule has 6 heteroatoms. The largest absolute Gasteiger partial charge is 0.462 e. The number of allylic oxidation sites excluding steroid dienone is 14. The van der Waals surface area contributed by atoms with Gasteiger partial charge in [0, 0.05) is 6.42 Å². The van der Waals surface area contributed by atoms with Gasteiger partial charge in [0.15, 0.2) is 0 Å². The Hall–Kier alpha value is -2.96. The Kier molecular flexibility index (Phi) is 45.7. The van der Waals surface area contributed by atoms with E-state index in [0.29, 0.717) is 19.3 Å². The standard InChI is InChI=1S/C55H95NO5/c1-4-7-10-13-16-19-21-23-25-26-27-29-31-33-36-39-42-45-48-55(60)61-51(46-43-40-37-35-32-30-28-24-22-20-17-14-11-8-5-2)49-54(59)56-52(50-57)53(58)47-44-41-38-34-18-15-12-9-6-3/h8,11,14,17,20,22,24,27-30,32,35,37,51-53,57-58H,4-7,9-10,12-13,15-16,18-19,21,23,25-26,31,33-34,36,38-50H2,1-3H3,(H,56,59)/b11-8-,17-14+,22-20+,28-24-,29-27+,32-30+,37-35+. The van der Waals surface area contributed by atoms with Crippen LogP contribution in [0.5, 0.6) is 0 Å².